The smallest absolute Gasteiger partial charge is 0.105 e. The molecule has 1 atom stereocenters. The standard InChI is InChI=1S/C13H16N2OS/c1-17-13-7-3-2-6-11(13)12(15-14)9-10-5-4-8-16-10/h2-8,12,15H,9,14H2,1H3. The first-order valence-corrected chi connectivity index (χ1v) is 6.69. The number of rotatable bonds is 5. The van der Waals surface area contributed by atoms with Gasteiger partial charge in [0.1, 0.15) is 5.76 Å². The average molecular weight is 248 g/mol. The highest BCUT2D eigenvalue weighted by atomic mass is 32.2. The number of hydrogen-bond donors (Lipinski definition) is 2. The molecule has 0 aliphatic carbocycles. The van der Waals surface area contributed by atoms with Gasteiger partial charge in [0, 0.05) is 11.3 Å². The summed E-state index contributed by atoms with van der Waals surface area (Å²) in [5, 5.41) is 0. The zero-order valence-corrected chi connectivity index (χ0v) is 10.5. The van der Waals surface area contributed by atoms with Crippen molar-refractivity contribution < 1.29 is 4.42 Å². The Kier molecular flexibility index (Phi) is 4.25. The predicted octanol–water partition coefficient (Wildman–Crippen LogP) is 2.75. The molecule has 3 nitrogen and oxygen atoms in total. The fourth-order valence-electron chi connectivity index (χ4n) is 1.84. The summed E-state index contributed by atoms with van der Waals surface area (Å²) in [5.41, 5.74) is 4.07. The highest BCUT2D eigenvalue weighted by Crippen LogP contribution is 2.27. The number of hydrazine groups is 1. The van der Waals surface area contributed by atoms with Crippen molar-refractivity contribution in [3.05, 3.63) is 54.0 Å². The van der Waals surface area contributed by atoms with Gasteiger partial charge >= 0.3 is 0 Å². The molecule has 0 radical (unpaired) electrons. The van der Waals surface area contributed by atoms with Crippen LogP contribution in [-0.4, -0.2) is 6.26 Å². The topological polar surface area (TPSA) is 51.2 Å². The van der Waals surface area contributed by atoms with E-state index in [1.807, 2.05) is 24.3 Å². The SMILES string of the molecule is CSc1ccccc1C(Cc1ccco1)NN. The third-order valence-corrected chi connectivity index (χ3v) is 3.51. The van der Waals surface area contributed by atoms with Crippen molar-refractivity contribution in [2.24, 2.45) is 5.84 Å². The maximum Gasteiger partial charge on any atom is 0.105 e. The van der Waals surface area contributed by atoms with Crippen molar-refractivity contribution in [2.75, 3.05) is 6.26 Å². The van der Waals surface area contributed by atoms with Crippen LogP contribution in [0, 0.1) is 0 Å². The Balaban J connectivity index is 2.22. The fraction of sp³-hybridized carbons (Fsp3) is 0.231. The molecule has 90 valence electrons. The van der Waals surface area contributed by atoms with Crippen molar-refractivity contribution in [2.45, 2.75) is 17.4 Å². The Morgan fingerprint density at radius 3 is 2.76 bits per heavy atom. The first-order valence-electron chi connectivity index (χ1n) is 5.46. The minimum Gasteiger partial charge on any atom is -0.469 e. The molecule has 0 fully saturated rings. The van der Waals surface area contributed by atoms with Crippen molar-refractivity contribution in [1.82, 2.24) is 5.43 Å². The van der Waals surface area contributed by atoms with Gasteiger partial charge < -0.3 is 4.42 Å². The largest absolute Gasteiger partial charge is 0.469 e. The van der Waals surface area contributed by atoms with Gasteiger partial charge in [-0.1, -0.05) is 18.2 Å². The third-order valence-electron chi connectivity index (χ3n) is 2.70. The summed E-state index contributed by atoms with van der Waals surface area (Å²) >= 11 is 1.73. The molecular formula is C13H16N2OS. The van der Waals surface area contributed by atoms with Gasteiger partial charge in [-0.05, 0) is 30.0 Å². The Labute approximate surface area is 105 Å². The molecule has 0 aliphatic rings. The van der Waals surface area contributed by atoms with Gasteiger partial charge in [-0.3, -0.25) is 11.3 Å². The van der Waals surface area contributed by atoms with E-state index in [0.717, 1.165) is 12.2 Å². The first-order chi connectivity index (χ1) is 8.35. The number of nitrogens with one attached hydrogen (secondary N) is 1. The molecule has 0 amide bonds. The molecule has 0 saturated heterocycles. The highest BCUT2D eigenvalue weighted by Gasteiger charge is 2.15. The second-order valence-electron chi connectivity index (χ2n) is 3.74. The summed E-state index contributed by atoms with van der Waals surface area (Å²) in [6.45, 7) is 0. The second kappa shape index (κ2) is 5.91. The molecule has 2 aromatic rings. The van der Waals surface area contributed by atoms with Gasteiger partial charge in [0.2, 0.25) is 0 Å². The summed E-state index contributed by atoms with van der Waals surface area (Å²) in [6, 6.07) is 12.2. The maximum absolute atomic E-state index is 5.64. The van der Waals surface area contributed by atoms with Crippen LogP contribution in [0.15, 0.2) is 52.0 Å². The van der Waals surface area contributed by atoms with Gasteiger partial charge in [-0.2, -0.15) is 0 Å². The van der Waals surface area contributed by atoms with E-state index in [-0.39, 0.29) is 6.04 Å². The van der Waals surface area contributed by atoms with E-state index in [2.05, 4.69) is 23.8 Å². The van der Waals surface area contributed by atoms with E-state index in [1.54, 1.807) is 18.0 Å². The van der Waals surface area contributed by atoms with Crippen LogP contribution in [0.5, 0.6) is 0 Å². The van der Waals surface area contributed by atoms with Crippen LogP contribution in [0.2, 0.25) is 0 Å². The minimum atomic E-state index is 0.0739. The fourth-order valence-corrected chi connectivity index (χ4v) is 2.50. The molecule has 4 heteroatoms. The highest BCUT2D eigenvalue weighted by molar-refractivity contribution is 7.98. The lowest BCUT2D eigenvalue weighted by Crippen LogP contribution is -2.29. The molecule has 2 rings (SSSR count). The van der Waals surface area contributed by atoms with E-state index in [9.17, 15) is 0 Å². The second-order valence-corrected chi connectivity index (χ2v) is 4.59. The van der Waals surface area contributed by atoms with Gasteiger partial charge in [0.25, 0.3) is 0 Å². The molecule has 1 heterocycles. The van der Waals surface area contributed by atoms with E-state index < -0.39 is 0 Å². The van der Waals surface area contributed by atoms with E-state index in [1.165, 1.54) is 10.5 Å². The van der Waals surface area contributed by atoms with E-state index in [0.29, 0.717) is 0 Å². The lowest BCUT2D eigenvalue weighted by atomic mass is 10.0. The van der Waals surface area contributed by atoms with Crippen molar-refractivity contribution in [3.63, 3.8) is 0 Å². The Morgan fingerprint density at radius 1 is 1.29 bits per heavy atom. The summed E-state index contributed by atoms with van der Waals surface area (Å²) in [6.07, 6.45) is 4.50. The monoisotopic (exact) mass is 248 g/mol. The summed E-state index contributed by atoms with van der Waals surface area (Å²) < 4.78 is 5.36. The molecule has 17 heavy (non-hydrogen) atoms. The quantitative estimate of drug-likeness (QED) is 0.485. The molecule has 1 aromatic heterocycles. The predicted molar refractivity (Wildman–Crippen MR) is 70.7 cm³/mol. The molecule has 1 aromatic carbocycles. The lowest BCUT2D eigenvalue weighted by Gasteiger charge is -2.17. The van der Waals surface area contributed by atoms with Crippen LogP contribution in [-0.2, 0) is 6.42 Å². The Bertz CT molecular complexity index is 456. The van der Waals surface area contributed by atoms with Crippen molar-refractivity contribution >= 4 is 11.8 Å². The molecule has 1 unspecified atom stereocenters. The number of hydrogen-bond acceptors (Lipinski definition) is 4. The Hall–Kier alpha value is -1.23. The molecule has 3 N–H and O–H groups in total. The molecular weight excluding hydrogens is 232 g/mol. The molecule has 0 aliphatic heterocycles. The zero-order valence-electron chi connectivity index (χ0n) is 9.72. The van der Waals surface area contributed by atoms with Crippen LogP contribution in [0.25, 0.3) is 0 Å². The number of thioether (sulfide) groups is 1. The average Bonchev–Trinajstić information content (AvgIpc) is 2.89. The van der Waals surface area contributed by atoms with Gasteiger partial charge in [-0.15, -0.1) is 11.8 Å². The molecule has 0 spiro atoms. The summed E-state index contributed by atoms with van der Waals surface area (Å²) in [5.74, 6) is 6.58. The van der Waals surface area contributed by atoms with Crippen LogP contribution in [0.3, 0.4) is 0 Å². The summed E-state index contributed by atoms with van der Waals surface area (Å²) in [7, 11) is 0. The molecule has 0 bridgehead atoms. The number of benzene rings is 1. The normalized spacial score (nSPS) is 12.6. The van der Waals surface area contributed by atoms with Gasteiger partial charge in [0.05, 0.1) is 12.3 Å². The number of furan rings is 1. The third kappa shape index (κ3) is 2.91. The minimum absolute atomic E-state index is 0.0739. The van der Waals surface area contributed by atoms with Gasteiger partial charge in [0.15, 0.2) is 0 Å². The van der Waals surface area contributed by atoms with E-state index in [4.69, 9.17) is 10.3 Å². The van der Waals surface area contributed by atoms with Crippen LogP contribution in [0.4, 0.5) is 0 Å². The van der Waals surface area contributed by atoms with Crippen LogP contribution in [0.1, 0.15) is 17.4 Å². The van der Waals surface area contributed by atoms with Gasteiger partial charge in [-0.25, -0.2) is 0 Å². The maximum atomic E-state index is 5.64. The van der Waals surface area contributed by atoms with E-state index >= 15 is 0 Å². The Morgan fingerprint density at radius 2 is 2.12 bits per heavy atom. The molecule has 0 saturated carbocycles. The first kappa shape index (κ1) is 12.2. The van der Waals surface area contributed by atoms with Crippen LogP contribution < -0.4 is 11.3 Å². The van der Waals surface area contributed by atoms with Crippen LogP contribution >= 0.6 is 11.8 Å². The zero-order chi connectivity index (χ0) is 12.1. The lowest BCUT2D eigenvalue weighted by molar-refractivity contribution is 0.452. The van der Waals surface area contributed by atoms with Crippen molar-refractivity contribution in [1.29, 1.82) is 0 Å². The van der Waals surface area contributed by atoms with Crippen molar-refractivity contribution in [3.8, 4) is 0 Å². The number of nitrogens with two attached hydrogens (primary N) is 1. The summed E-state index contributed by atoms with van der Waals surface area (Å²) in [4.78, 5) is 1.24.